The average molecular weight is 419 g/mol. The molecule has 0 aliphatic carbocycles. The van der Waals surface area contributed by atoms with Crippen LogP contribution in [0.5, 0.6) is 0 Å². The molecule has 4 rings (SSSR count). The Labute approximate surface area is 181 Å². The van der Waals surface area contributed by atoms with Crippen LogP contribution in [0.15, 0.2) is 48.5 Å². The second-order valence-corrected chi connectivity index (χ2v) is 7.85. The largest absolute Gasteiger partial charge is 0.352 e. The normalized spacial score (nSPS) is 15.7. The Morgan fingerprint density at radius 3 is 2.35 bits per heavy atom. The molecule has 1 N–H and O–H groups in total. The van der Waals surface area contributed by atoms with Gasteiger partial charge in [0.05, 0.1) is 6.54 Å². The molecule has 1 fully saturated rings. The maximum Gasteiger partial charge on any atom is 0.251 e. The molecule has 0 spiro atoms. The zero-order valence-corrected chi connectivity index (χ0v) is 17.3. The number of carbonyl (C=O) groups is 4. The molecular weight excluding hydrogens is 394 g/mol. The molecule has 0 unspecified atom stereocenters. The van der Waals surface area contributed by atoms with E-state index < -0.39 is 0 Å². The molecule has 0 aromatic heterocycles. The van der Waals surface area contributed by atoms with Gasteiger partial charge in [-0.3, -0.25) is 24.1 Å². The molecule has 2 aliphatic rings. The summed E-state index contributed by atoms with van der Waals surface area (Å²) in [6, 6.07) is 14.8. The molecule has 160 valence electrons. The fraction of sp³-hybridized carbons (Fsp3) is 0.333. The molecule has 0 radical (unpaired) electrons. The first-order chi connectivity index (χ1) is 15.0. The van der Waals surface area contributed by atoms with Crippen molar-refractivity contribution in [3.8, 4) is 0 Å². The van der Waals surface area contributed by atoms with Crippen LogP contribution in [0.4, 0.5) is 5.69 Å². The van der Waals surface area contributed by atoms with Crippen LogP contribution in [0, 0.1) is 0 Å². The first kappa shape index (κ1) is 20.8. The number of hydrogen-bond acceptors (Lipinski definition) is 4. The van der Waals surface area contributed by atoms with E-state index in [-0.39, 0.29) is 56.0 Å². The molecule has 7 heteroatoms. The lowest BCUT2D eigenvalue weighted by atomic mass is 10.0. The van der Waals surface area contributed by atoms with Gasteiger partial charge in [-0.05, 0) is 42.2 Å². The molecule has 2 heterocycles. The molecule has 7 nitrogen and oxygen atoms in total. The number of anilines is 1. The number of benzene rings is 2. The molecular formula is C24H25N3O4. The summed E-state index contributed by atoms with van der Waals surface area (Å²) >= 11 is 0. The predicted molar refractivity (Wildman–Crippen MR) is 115 cm³/mol. The quantitative estimate of drug-likeness (QED) is 0.729. The van der Waals surface area contributed by atoms with Crippen molar-refractivity contribution in [2.24, 2.45) is 0 Å². The molecule has 4 amide bonds. The Morgan fingerprint density at radius 2 is 1.61 bits per heavy atom. The van der Waals surface area contributed by atoms with Gasteiger partial charge in [0.25, 0.3) is 5.91 Å². The van der Waals surface area contributed by atoms with Gasteiger partial charge < -0.3 is 10.2 Å². The Kier molecular flexibility index (Phi) is 6.11. The van der Waals surface area contributed by atoms with Gasteiger partial charge in [-0.1, -0.05) is 30.3 Å². The van der Waals surface area contributed by atoms with Gasteiger partial charge in [0, 0.05) is 43.6 Å². The van der Waals surface area contributed by atoms with Crippen molar-refractivity contribution in [2.45, 2.75) is 38.6 Å². The summed E-state index contributed by atoms with van der Waals surface area (Å²) in [4.78, 5) is 51.6. The number of para-hydroxylation sites is 1. The van der Waals surface area contributed by atoms with Crippen LogP contribution in [0.25, 0.3) is 0 Å². The number of hydrogen-bond donors (Lipinski definition) is 1. The van der Waals surface area contributed by atoms with E-state index in [1.165, 1.54) is 10.5 Å². The van der Waals surface area contributed by atoms with Crippen LogP contribution in [0.1, 0.15) is 47.2 Å². The first-order valence-electron chi connectivity index (χ1n) is 10.6. The van der Waals surface area contributed by atoms with Gasteiger partial charge in [0.2, 0.25) is 17.7 Å². The molecule has 0 saturated carbocycles. The van der Waals surface area contributed by atoms with Gasteiger partial charge in [-0.25, -0.2) is 0 Å². The Bertz CT molecular complexity index is 1000. The highest BCUT2D eigenvalue weighted by molar-refractivity contribution is 6.02. The van der Waals surface area contributed by atoms with Gasteiger partial charge >= 0.3 is 0 Å². The van der Waals surface area contributed by atoms with Crippen molar-refractivity contribution in [3.63, 3.8) is 0 Å². The van der Waals surface area contributed by atoms with Crippen LogP contribution >= 0.6 is 0 Å². The van der Waals surface area contributed by atoms with E-state index in [0.717, 1.165) is 24.1 Å². The summed E-state index contributed by atoms with van der Waals surface area (Å²) < 4.78 is 0. The molecule has 2 aromatic carbocycles. The molecule has 31 heavy (non-hydrogen) atoms. The lowest BCUT2D eigenvalue weighted by molar-refractivity contribution is -0.139. The minimum Gasteiger partial charge on any atom is -0.352 e. The smallest absolute Gasteiger partial charge is 0.251 e. The number of fused-ring (bicyclic) bond motifs is 1. The molecule has 0 bridgehead atoms. The third-order valence-electron chi connectivity index (χ3n) is 5.75. The van der Waals surface area contributed by atoms with Crippen molar-refractivity contribution in [1.29, 1.82) is 0 Å². The van der Waals surface area contributed by atoms with E-state index >= 15 is 0 Å². The Morgan fingerprint density at radius 1 is 0.903 bits per heavy atom. The summed E-state index contributed by atoms with van der Waals surface area (Å²) in [5, 5.41) is 2.79. The molecule has 2 aromatic rings. The maximum absolute atomic E-state index is 12.7. The van der Waals surface area contributed by atoms with E-state index in [9.17, 15) is 19.2 Å². The SMILES string of the molecule is O=C(NCCC(=O)N1CCCc2ccccc21)c1ccc(CN2C(=O)CCC2=O)cc1. The van der Waals surface area contributed by atoms with Gasteiger partial charge in [-0.2, -0.15) is 0 Å². The number of aryl methyl sites for hydroxylation is 1. The summed E-state index contributed by atoms with van der Waals surface area (Å²) in [7, 11) is 0. The molecule has 1 saturated heterocycles. The second kappa shape index (κ2) is 9.12. The van der Waals surface area contributed by atoms with E-state index in [4.69, 9.17) is 0 Å². The highest BCUT2D eigenvalue weighted by Crippen LogP contribution is 2.27. The van der Waals surface area contributed by atoms with Crippen LogP contribution in [-0.2, 0) is 27.3 Å². The van der Waals surface area contributed by atoms with Crippen LogP contribution in [0.3, 0.4) is 0 Å². The van der Waals surface area contributed by atoms with Crippen LogP contribution in [-0.4, -0.2) is 41.6 Å². The Hall–Kier alpha value is -3.48. The third-order valence-corrected chi connectivity index (χ3v) is 5.75. The van der Waals surface area contributed by atoms with Crippen molar-refractivity contribution in [2.75, 3.05) is 18.0 Å². The highest BCUT2D eigenvalue weighted by Gasteiger charge is 2.28. The topological polar surface area (TPSA) is 86.8 Å². The highest BCUT2D eigenvalue weighted by atomic mass is 16.2. The first-order valence-corrected chi connectivity index (χ1v) is 10.6. The lowest BCUT2D eigenvalue weighted by Gasteiger charge is -2.29. The van der Waals surface area contributed by atoms with E-state index in [0.29, 0.717) is 12.1 Å². The molecule has 0 atom stereocenters. The predicted octanol–water partition coefficient (Wildman–Crippen LogP) is 2.43. The van der Waals surface area contributed by atoms with Crippen LogP contribution < -0.4 is 10.2 Å². The van der Waals surface area contributed by atoms with Crippen molar-refractivity contribution >= 4 is 29.3 Å². The number of imide groups is 1. The van der Waals surface area contributed by atoms with Gasteiger partial charge in [0.1, 0.15) is 0 Å². The van der Waals surface area contributed by atoms with Crippen molar-refractivity contribution in [1.82, 2.24) is 10.2 Å². The summed E-state index contributed by atoms with van der Waals surface area (Å²) in [6.07, 6.45) is 2.68. The number of rotatable bonds is 6. The summed E-state index contributed by atoms with van der Waals surface area (Å²) in [5.41, 5.74) is 3.41. The van der Waals surface area contributed by atoms with E-state index in [1.54, 1.807) is 29.2 Å². The fourth-order valence-electron chi connectivity index (χ4n) is 4.06. The summed E-state index contributed by atoms with van der Waals surface area (Å²) in [6.45, 7) is 1.19. The standard InChI is InChI=1S/C24H25N3O4/c28-21-11-12-22(29)27(21)16-17-7-9-19(10-8-17)24(31)25-14-13-23(30)26-15-3-5-18-4-1-2-6-20(18)26/h1-2,4,6-10H,3,5,11-16H2,(H,25,31). The minimum atomic E-state index is -0.258. The monoisotopic (exact) mass is 419 g/mol. The number of carbonyl (C=O) groups excluding carboxylic acids is 4. The number of nitrogens with one attached hydrogen (secondary N) is 1. The van der Waals surface area contributed by atoms with E-state index in [2.05, 4.69) is 11.4 Å². The number of amides is 4. The fourth-order valence-corrected chi connectivity index (χ4v) is 4.06. The number of likely N-dealkylation sites (tertiary alicyclic amines) is 1. The summed E-state index contributed by atoms with van der Waals surface area (Å²) in [5.74, 6) is -0.574. The average Bonchev–Trinajstić information content (AvgIpc) is 3.11. The van der Waals surface area contributed by atoms with Crippen LogP contribution in [0.2, 0.25) is 0 Å². The lowest BCUT2D eigenvalue weighted by Crippen LogP contribution is -2.37. The second-order valence-electron chi connectivity index (χ2n) is 7.85. The maximum atomic E-state index is 12.7. The molecule has 2 aliphatic heterocycles. The zero-order chi connectivity index (χ0) is 21.8. The third kappa shape index (κ3) is 4.66. The van der Waals surface area contributed by atoms with Gasteiger partial charge in [0.15, 0.2) is 0 Å². The number of nitrogens with zero attached hydrogens (tertiary/aromatic N) is 2. The minimum absolute atomic E-state index is 0.00254. The van der Waals surface area contributed by atoms with Crippen molar-refractivity contribution in [3.05, 3.63) is 65.2 Å². The van der Waals surface area contributed by atoms with E-state index in [1.807, 2.05) is 18.2 Å². The zero-order valence-electron chi connectivity index (χ0n) is 17.3. The van der Waals surface area contributed by atoms with Gasteiger partial charge in [-0.15, -0.1) is 0 Å². The van der Waals surface area contributed by atoms with Crippen molar-refractivity contribution < 1.29 is 19.2 Å². The Balaban J connectivity index is 1.28.